The zero-order valence-corrected chi connectivity index (χ0v) is 11.8. The monoisotopic (exact) mass is 327 g/mol. The van der Waals surface area contributed by atoms with E-state index >= 15 is 0 Å². The standard InChI is InChI=1S/C12H10BrNO3S/c13-7-1-2-8-9-6-14(12(15)16)18-11(9)3-4-17-10(8)5-7/h1-2,5H,3-4,6H2,(H,15,16). The average molecular weight is 328 g/mol. The molecule has 0 radical (unpaired) electrons. The highest BCUT2D eigenvalue weighted by atomic mass is 79.9. The Hall–Kier alpha value is -1.14. The molecule has 6 heteroatoms. The lowest BCUT2D eigenvalue weighted by molar-refractivity contribution is 0.179. The van der Waals surface area contributed by atoms with Crippen molar-refractivity contribution in [1.82, 2.24) is 4.31 Å². The number of fused-ring (bicyclic) bond motifs is 2. The summed E-state index contributed by atoms with van der Waals surface area (Å²) in [6.45, 7) is 1.01. The van der Waals surface area contributed by atoms with Crippen LogP contribution in [0, 0.1) is 0 Å². The summed E-state index contributed by atoms with van der Waals surface area (Å²) in [5, 5.41) is 9.06. The maximum absolute atomic E-state index is 11.0. The number of ether oxygens (including phenoxy) is 1. The van der Waals surface area contributed by atoms with Crippen molar-refractivity contribution in [2.24, 2.45) is 0 Å². The molecule has 0 unspecified atom stereocenters. The summed E-state index contributed by atoms with van der Waals surface area (Å²) in [6, 6.07) is 5.86. The predicted octanol–water partition coefficient (Wildman–Crippen LogP) is 3.58. The molecule has 0 fully saturated rings. The van der Waals surface area contributed by atoms with E-state index in [4.69, 9.17) is 9.84 Å². The normalized spacial score (nSPS) is 17.9. The van der Waals surface area contributed by atoms with Gasteiger partial charge in [-0.15, -0.1) is 0 Å². The van der Waals surface area contributed by atoms with Gasteiger partial charge in [0.15, 0.2) is 0 Å². The van der Waals surface area contributed by atoms with Gasteiger partial charge in [-0.25, -0.2) is 9.10 Å². The van der Waals surface area contributed by atoms with E-state index in [9.17, 15) is 4.79 Å². The van der Waals surface area contributed by atoms with Crippen molar-refractivity contribution >= 4 is 39.5 Å². The highest BCUT2D eigenvalue weighted by Gasteiger charge is 2.30. The number of carboxylic acid groups (broad SMARTS) is 1. The molecule has 2 aliphatic heterocycles. The van der Waals surface area contributed by atoms with Gasteiger partial charge in [-0.3, -0.25) is 0 Å². The molecule has 1 aromatic carbocycles. The third kappa shape index (κ3) is 1.99. The van der Waals surface area contributed by atoms with E-state index in [1.54, 1.807) is 0 Å². The molecular formula is C12H10BrNO3S. The molecule has 94 valence electrons. The summed E-state index contributed by atoms with van der Waals surface area (Å²) in [6.07, 6.45) is -0.136. The fraction of sp³-hybridized carbons (Fsp3) is 0.250. The zero-order chi connectivity index (χ0) is 12.7. The van der Waals surface area contributed by atoms with Crippen LogP contribution >= 0.6 is 27.9 Å². The van der Waals surface area contributed by atoms with Crippen molar-refractivity contribution < 1.29 is 14.6 Å². The summed E-state index contributed by atoms with van der Waals surface area (Å²) < 4.78 is 8.04. The van der Waals surface area contributed by atoms with Crippen molar-refractivity contribution in [1.29, 1.82) is 0 Å². The number of amides is 1. The van der Waals surface area contributed by atoms with Gasteiger partial charge < -0.3 is 9.84 Å². The smallest absolute Gasteiger partial charge is 0.417 e. The minimum Gasteiger partial charge on any atom is -0.493 e. The van der Waals surface area contributed by atoms with Gasteiger partial charge in [0, 0.05) is 21.4 Å². The van der Waals surface area contributed by atoms with Gasteiger partial charge in [-0.05, 0) is 35.7 Å². The maximum Gasteiger partial charge on any atom is 0.417 e. The molecule has 1 amide bonds. The fourth-order valence-corrected chi connectivity index (χ4v) is 3.45. The summed E-state index contributed by atoms with van der Waals surface area (Å²) in [4.78, 5) is 12.1. The molecule has 4 nitrogen and oxygen atoms in total. The molecule has 1 aromatic rings. The second kappa shape index (κ2) is 4.51. The summed E-state index contributed by atoms with van der Waals surface area (Å²) >= 11 is 4.72. The Morgan fingerprint density at radius 2 is 2.33 bits per heavy atom. The van der Waals surface area contributed by atoms with Crippen LogP contribution < -0.4 is 4.74 Å². The van der Waals surface area contributed by atoms with Gasteiger partial charge in [0.1, 0.15) is 5.75 Å². The largest absolute Gasteiger partial charge is 0.493 e. The fourth-order valence-electron chi connectivity index (χ4n) is 2.11. The van der Waals surface area contributed by atoms with Crippen LogP contribution in [0.25, 0.3) is 5.57 Å². The lowest BCUT2D eigenvalue weighted by Gasteiger charge is -2.13. The van der Waals surface area contributed by atoms with Crippen LogP contribution in [-0.4, -0.2) is 28.7 Å². The van der Waals surface area contributed by atoms with Gasteiger partial charge in [-0.2, -0.15) is 0 Å². The molecule has 0 atom stereocenters. The zero-order valence-electron chi connectivity index (χ0n) is 9.35. The summed E-state index contributed by atoms with van der Waals surface area (Å²) in [5.41, 5.74) is 2.07. The van der Waals surface area contributed by atoms with Gasteiger partial charge in [0.05, 0.1) is 13.2 Å². The minimum atomic E-state index is -0.896. The van der Waals surface area contributed by atoms with Crippen molar-refractivity contribution in [3.05, 3.63) is 33.1 Å². The predicted molar refractivity (Wildman–Crippen MR) is 73.5 cm³/mol. The number of benzene rings is 1. The van der Waals surface area contributed by atoms with E-state index in [0.717, 1.165) is 32.7 Å². The second-order valence-electron chi connectivity index (χ2n) is 4.05. The van der Waals surface area contributed by atoms with Crippen LogP contribution in [-0.2, 0) is 0 Å². The number of carbonyl (C=O) groups is 1. The summed E-state index contributed by atoms with van der Waals surface area (Å²) in [5.74, 6) is 0.821. The van der Waals surface area contributed by atoms with Gasteiger partial charge in [-0.1, -0.05) is 15.9 Å². The number of hydrogen-bond acceptors (Lipinski definition) is 3. The lowest BCUT2D eigenvalue weighted by Crippen LogP contribution is -2.20. The molecule has 0 aromatic heterocycles. The summed E-state index contributed by atoms with van der Waals surface area (Å²) in [7, 11) is 0. The molecular weight excluding hydrogens is 318 g/mol. The Morgan fingerprint density at radius 1 is 1.50 bits per heavy atom. The first kappa shape index (κ1) is 11.9. The Balaban J connectivity index is 2.02. The number of rotatable bonds is 0. The molecule has 18 heavy (non-hydrogen) atoms. The second-order valence-corrected chi connectivity index (χ2v) is 6.08. The van der Waals surface area contributed by atoms with Crippen molar-refractivity contribution in [2.75, 3.05) is 13.2 Å². The van der Waals surface area contributed by atoms with E-state index in [-0.39, 0.29) is 0 Å². The Bertz CT molecular complexity index is 558. The first-order valence-corrected chi connectivity index (χ1v) is 7.05. The Kier molecular flexibility index (Phi) is 2.99. The highest BCUT2D eigenvalue weighted by Crippen LogP contribution is 2.44. The van der Waals surface area contributed by atoms with Gasteiger partial charge in [0.25, 0.3) is 0 Å². The van der Waals surface area contributed by atoms with Crippen LogP contribution in [0.5, 0.6) is 5.75 Å². The third-order valence-electron chi connectivity index (χ3n) is 2.93. The molecule has 1 N–H and O–H groups in total. The number of hydrogen-bond donors (Lipinski definition) is 1. The molecule has 2 aliphatic rings. The van der Waals surface area contributed by atoms with Crippen molar-refractivity contribution in [3.8, 4) is 5.75 Å². The molecule has 0 spiro atoms. The maximum atomic E-state index is 11.0. The first-order chi connectivity index (χ1) is 8.65. The Morgan fingerprint density at radius 3 is 3.11 bits per heavy atom. The van der Waals surface area contributed by atoms with E-state index in [1.165, 1.54) is 16.3 Å². The van der Waals surface area contributed by atoms with Crippen LogP contribution in [0.1, 0.15) is 12.0 Å². The van der Waals surface area contributed by atoms with Crippen molar-refractivity contribution in [2.45, 2.75) is 6.42 Å². The van der Waals surface area contributed by atoms with Gasteiger partial charge in [0.2, 0.25) is 0 Å². The minimum absolute atomic E-state index is 0.424. The lowest BCUT2D eigenvalue weighted by atomic mass is 10.0. The number of nitrogens with zero attached hydrogens (tertiary/aromatic N) is 1. The van der Waals surface area contributed by atoms with E-state index in [1.807, 2.05) is 18.2 Å². The SMILES string of the molecule is O=C(O)N1CC2=C(CCOc3cc(Br)ccc32)S1. The van der Waals surface area contributed by atoms with Crippen LogP contribution in [0.2, 0.25) is 0 Å². The molecule has 2 heterocycles. The quantitative estimate of drug-likeness (QED) is 0.740. The number of halogens is 1. The molecule has 0 aliphatic carbocycles. The Labute approximate surface area is 117 Å². The van der Waals surface area contributed by atoms with E-state index < -0.39 is 6.09 Å². The molecule has 0 saturated carbocycles. The van der Waals surface area contributed by atoms with Crippen LogP contribution in [0.4, 0.5) is 4.79 Å². The van der Waals surface area contributed by atoms with Crippen molar-refractivity contribution in [3.63, 3.8) is 0 Å². The highest BCUT2D eigenvalue weighted by molar-refractivity contribution is 9.10. The van der Waals surface area contributed by atoms with Crippen LogP contribution in [0.15, 0.2) is 27.6 Å². The third-order valence-corrected chi connectivity index (χ3v) is 4.60. The molecule has 0 saturated heterocycles. The van der Waals surface area contributed by atoms with E-state index in [0.29, 0.717) is 13.2 Å². The van der Waals surface area contributed by atoms with E-state index in [2.05, 4.69) is 15.9 Å². The topological polar surface area (TPSA) is 49.8 Å². The van der Waals surface area contributed by atoms with Gasteiger partial charge >= 0.3 is 6.09 Å². The average Bonchev–Trinajstić information content (AvgIpc) is 2.67. The van der Waals surface area contributed by atoms with Crippen LogP contribution in [0.3, 0.4) is 0 Å². The first-order valence-electron chi connectivity index (χ1n) is 5.48. The molecule has 0 bridgehead atoms. The molecule has 3 rings (SSSR count).